The van der Waals surface area contributed by atoms with Crippen molar-refractivity contribution >= 4 is 39.3 Å². The maximum absolute atomic E-state index is 4.61. The van der Waals surface area contributed by atoms with Crippen molar-refractivity contribution in [3.8, 4) is 0 Å². The maximum atomic E-state index is 4.61. The molecule has 1 heterocycles. The molecule has 0 bridgehead atoms. The van der Waals surface area contributed by atoms with Crippen LogP contribution in [0.1, 0.15) is 58.3 Å². The van der Waals surface area contributed by atoms with Crippen LogP contribution in [0.3, 0.4) is 0 Å². The molecule has 3 atom stereocenters. The quantitative estimate of drug-likeness (QED) is 0.437. The first-order valence-electron chi connectivity index (χ1n) is 8.17. The molecule has 0 spiro atoms. The zero-order chi connectivity index (χ0) is 14.5. The van der Waals surface area contributed by atoms with E-state index in [1.54, 1.807) is 8.20 Å². The van der Waals surface area contributed by atoms with Gasteiger partial charge in [0.05, 0.1) is 0 Å². The maximum Gasteiger partial charge on any atom is 0.0360 e. The molecular formula is C17H29PS2. The van der Waals surface area contributed by atoms with Gasteiger partial charge in [-0.05, 0) is 60.7 Å². The summed E-state index contributed by atoms with van der Waals surface area (Å²) in [6, 6.07) is 0. The molecule has 2 aliphatic rings. The van der Waals surface area contributed by atoms with E-state index < -0.39 is 0 Å². The Balaban J connectivity index is 2.27. The van der Waals surface area contributed by atoms with Crippen LogP contribution < -0.4 is 0 Å². The van der Waals surface area contributed by atoms with E-state index in [-0.39, 0.29) is 0 Å². The molecule has 0 aromatic carbocycles. The van der Waals surface area contributed by atoms with Crippen molar-refractivity contribution in [1.29, 1.82) is 0 Å². The SMILES string of the molecule is CCCC1(C2(CCS)CCCC(CCS)C2)C=CC=P1. The molecule has 0 aromatic heterocycles. The van der Waals surface area contributed by atoms with E-state index in [9.17, 15) is 0 Å². The summed E-state index contributed by atoms with van der Waals surface area (Å²) in [5.74, 6) is 5.34. The second kappa shape index (κ2) is 7.75. The minimum Gasteiger partial charge on any atom is -0.179 e. The molecule has 3 unspecified atom stereocenters. The summed E-state index contributed by atoms with van der Waals surface area (Å²) in [7, 11) is 1.54. The number of thiol groups is 2. The van der Waals surface area contributed by atoms with Gasteiger partial charge in [0.15, 0.2) is 0 Å². The van der Waals surface area contributed by atoms with Crippen LogP contribution in [0.5, 0.6) is 0 Å². The number of rotatable bonds is 7. The minimum atomic E-state index is 0.403. The average Bonchev–Trinajstić information content (AvgIpc) is 2.91. The molecule has 0 radical (unpaired) electrons. The van der Waals surface area contributed by atoms with Crippen molar-refractivity contribution in [2.45, 2.75) is 63.4 Å². The Morgan fingerprint density at radius 3 is 2.70 bits per heavy atom. The lowest BCUT2D eigenvalue weighted by molar-refractivity contribution is 0.0943. The fourth-order valence-corrected chi connectivity index (χ4v) is 6.84. The largest absolute Gasteiger partial charge is 0.179 e. The van der Waals surface area contributed by atoms with Crippen LogP contribution in [0.25, 0.3) is 0 Å². The molecule has 20 heavy (non-hydrogen) atoms. The van der Waals surface area contributed by atoms with Crippen LogP contribution in [0.4, 0.5) is 0 Å². The van der Waals surface area contributed by atoms with E-state index in [1.165, 1.54) is 51.4 Å². The second-order valence-electron chi connectivity index (χ2n) is 6.54. The molecule has 1 aliphatic carbocycles. The summed E-state index contributed by atoms with van der Waals surface area (Å²) in [6.07, 6.45) is 15.7. The summed E-state index contributed by atoms with van der Waals surface area (Å²) >= 11 is 9.09. The highest BCUT2D eigenvalue weighted by Gasteiger charge is 2.50. The smallest absolute Gasteiger partial charge is 0.0360 e. The van der Waals surface area contributed by atoms with Gasteiger partial charge in [-0.2, -0.15) is 25.3 Å². The minimum absolute atomic E-state index is 0.403. The summed E-state index contributed by atoms with van der Waals surface area (Å²) in [5.41, 5.74) is 0.488. The lowest BCUT2D eigenvalue weighted by Gasteiger charge is -2.51. The van der Waals surface area contributed by atoms with E-state index in [0.29, 0.717) is 10.6 Å². The molecule has 114 valence electrons. The first-order valence-corrected chi connectivity index (χ1v) is 10.4. The van der Waals surface area contributed by atoms with Crippen molar-refractivity contribution in [3.63, 3.8) is 0 Å². The number of hydrogen-bond donors (Lipinski definition) is 2. The van der Waals surface area contributed by atoms with Crippen molar-refractivity contribution in [1.82, 2.24) is 0 Å². The van der Waals surface area contributed by atoms with Gasteiger partial charge in [-0.3, -0.25) is 0 Å². The molecule has 0 N–H and O–H groups in total. The predicted octanol–water partition coefficient (Wildman–Crippen LogP) is 5.66. The third kappa shape index (κ3) is 3.33. The lowest BCUT2D eigenvalue weighted by Crippen LogP contribution is -2.46. The van der Waals surface area contributed by atoms with Crippen LogP contribution in [0.2, 0.25) is 0 Å². The van der Waals surface area contributed by atoms with E-state index in [0.717, 1.165) is 17.4 Å². The molecular weight excluding hydrogens is 299 g/mol. The molecule has 1 aliphatic heterocycles. The first kappa shape index (κ1) is 17.0. The Hall–Kier alpha value is 0.610. The zero-order valence-corrected chi connectivity index (χ0v) is 15.4. The monoisotopic (exact) mass is 328 g/mol. The van der Waals surface area contributed by atoms with Gasteiger partial charge in [-0.1, -0.05) is 46.5 Å². The van der Waals surface area contributed by atoms with Crippen molar-refractivity contribution < 1.29 is 0 Å². The summed E-state index contributed by atoms with van der Waals surface area (Å²) < 4.78 is 0. The Labute approximate surface area is 137 Å². The fraction of sp³-hybridized carbons (Fsp3) is 0.824. The molecule has 0 aromatic rings. The van der Waals surface area contributed by atoms with Gasteiger partial charge in [0, 0.05) is 5.16 Å². The molecule has 0 amide bonds. The Kier molecular flexibility index (Phi) is 6.57. The van der Waals surface area contributed by atoms with Crippen LogP contribution in [-0.4, -0.2) is 22.5 Å². The molecule has 1 fully saturated rings. The van der Waals surface area contributed by atoms with Crippen molar-refractivity contribution in [3.05, 3.63) is 12.2 Å². The molecule has 0 saturated heterocycles. The van der Waals surface area contributed by atoms with Gasteiger partial charge in [0.2, 0.25) is 0 Å². The zero-order valence-electron chi connectivity index (χ0n) is 12.7. The van der Waals surface area contributed by atoms with Crippen LogP contribution in [-0.2, 0) is 0 Å². The highest BCUT2D eigenvalue weighted by atomic mass is 32.1. The lowest BCUT2D eigenvalue weighted by atomic mass is 9.59. The molecule has 2 rings (SSSR count). The fourth-order valence-electron chi connectivity index (χ4n) is 4.49. The number of allylic oxidation sites excluding steroid dienone is 2. The first-order chi connectivity index (χ1) is 9.72. The molecule has 1 saturated carbocycles. The average molecular weight is 329 g/mol. The standard InChI is InChI=1S/C17H29PS2/c1-2-7-17(9-4-11-18-17)16(10-13-20)8-3-5-15(14-16)6-12-19/h4,9,11,15,19-20H,2-3,5-8,10,12-14H2,1H3. The summed E-state index contributed by atoms with van der Waals surface area (Å²) in [6.45, 7) is 2.34. The Bertz CT molecular complexity index is 346. The normalized spacial score (nSPS) is 37.5. The topological polar surface area (TPSA) is 0 Å². The second-order valence-corrected chi connectivity index (χ2v) is 8.79. The molecule has 3 heteroatoms. The summed E-state index contributed by atoms with van der Waals surface area (Å²) in [4.78, 5) is 0. The van der Waals surface area contributed by atoms with Crippen LogP contribution in [0, 0.1) is 11.3 Å². The van der Waals surface area contributed by atoms with E-state index in [1.807, 2.05) is 0 Å². The van der Waals surface area contributed by atoms with Gasteiger partial charge in [0.25, 0.3) is 0 Å². The van der Waals surface area contributed by atoms with Crippen LogP contribution in [0.15, 0.2) is 12.2 Å². The highest BCUT2D eigenvalue weighted by Crippen LogP contribution is 2.59. The highest BCUT2D eigenvalue weighted by molar-refractivity contribution is 7.80. The van der Waals surface area contributed by atoms with Crippen molar-refractivity contribution in [2.24, 2.45) is 11.3 Å². The van der Waals surface area contributed by atoms with Gasteiger partial charge in [-0.15, -0.1) is 0 Å². The third-order valence-electron chi connectivity index (χ3n) is 5.39. The van der Waals surface area contributed by atoms with E-state index in [2.05, 4.69) is 50.1 Å². The van der Waals surface area contributed by atoms with Gasteiger partial charge in [-0.25, -0.2) is 0 Å². The van der Waals surface area contributed by atoms with Gasteiger partial charge in [0.1, 0.15) is 0 Å². The Morgan fingerprint density at radius 1 is 1.25 bits per heavy atom. The number of hydrogen-bond acceptors (Lipinski definition) is 2. The Morgan fingerprint density at radius 2 is 2.10 bits per heavy atom. The van der Waals surface area contributed by atoms with E-state index in [4.69, 9.17) is 0 Å². The third-order valence-corrected chi connectivity index (χ3v) is 7.50. The summed E-state index contributed by atoms with van der Waals surface area (Å²) in [5, 5.41) is 0.403. The predicted molar refractivity (Wildman–Crippen MR) is 101 cm³/mol. The van der Waals surface area contributed by atoms with Crippen molar-refractivity contribution in [2.75, 3.05) is 11.5 Å². The van der Waals surface area contributed by atoms with Crippen LogP contribution >= 0.6 is 33.5 Å². The van der Waals surface area contributed by atoms with Gasteiger partial charge >= 0.3 is 0 Å². The van der Waals surface area contributed by atoms with E-state index >= 15 is 0 Å². The molecule has 0 nitrogen and oxygen atoms in total. The van der Waals surface area contributed by atoms with Gasteiger partial charge < -0.3 is 0 Å².